The van der Waals surface area contributed by atoms with Gasteiger partial charge >= 0.3 is 0 Å². The summed E-state index contributed by atoms with van der Waals surface area (Å²) in [5.74, 6) is -11.1. The zero-order valence-corrected chi connectivity index (χ0v) is 27.7. The summed E-state index contributed by atoms with van der Waals surface area (Å²) in [4.78, 5) is 40.6. The SMILES string of the molecule is O=C1[C@@H]2[C@@H](N=NN2CC(=O)N2N=C3/C(=C/c4ccc(Cl)cc4Cl)CCC[C@@H]3[C@@H]2c2ccc(Cl)cc2Cl)C(=O)N1c1c(F)c(F)cc(F)c1F. The number of rotatable bonds is 5. The molecule has 9 nitrogen and oxygen atoms in total. The fraction of sp³-hybridized carbons (Fsp3) is 0.250. The van der Waals surface area contributed by atoms with Crippen LogP contribution in [0.15, 0.2) is 63.5 Å². The molecule has 1 saturated heterocycles. The van der Waals surface area contributed by atoms with Crippen molar-refractivity contribution in [1.29, 1.82) is 0 Å². The van der Waals surface area contributed by atoms with E-state index in [4.69, 9.17) is 51.5 Å². The van der Waals surface area contributed by atoms with E-state index < -0.39 is 71.3 Å². The van der Waals surface area contributed by atoms with E-state index in [1.807, 2.05) is 6.08 Å². The molecule has 3 aromatic carbocycles. The van der Waals surface area contributed by atoms with Crippen molar-refractivity contribution in [1.82, 2.24) is 10.0 Å². The predicted molar refractivity (Wildman–Crippen MR) is 173 cm³/mol. The molecule has 0 spiro atoms. The van der Waals surface area contributed by atoms with Gasteiger partial charge in [-0.1, -0.05) is 63.8 Å². The van der Waals surface area contributed by atoms with Gasteiger partial charge in [0, 0.05) is 32.1 Å². The Kier molecular flexibility index (Phi) is 8.66. The number of carbonyl (C=O) groups excluding carboxylic acids is 3. The molecular formula is C32H20Cl4F4N6O3. The lowest BCUT2D eigenvalue weighted by atomic mass is 9.77. The van der Waals surface area contributed by atoms with Crippen molar-refractivity contribution in [3.63, 3.8) is 0 Å². The Hall–Kier alpha value is -4.04. The summed E-state index contributed by atoms with van der Waals surface area (Å²) >= 11 is 25.4. The maximum Gasteiger partial charge on any atom is 0.264 e. The van der Waals surface area contributed by atoms with Crippen LogP contribution in [-0.2, 0) is 14.4 Å². The maximum atomic E-state index is 14.6. The van der Waals surface area contributed by atoms with Crippen molar-refractivity contribution in [2.45, 2.75) is 37.4 Å². The van der Waals surface area contributed by atoms with Gasteiger partial charge in [0.2, 0.25) is 0 Å². The van der Waals surface area contributed by atoms with Crippen LogP contribution in [0.3, 0.4) is 0 Å². The summed E-state index contributed by atoms with van der Waals surface area (Å²) in [7, 11) is 0. The summed E-state index contributed by atoms with van der Waals surface area (Å²) in [6.45, 7) is -0.659. The molecule has 7 rings (SSSR count). The first-order valence-corrected chi connectivity index (χ1v) is 16.3. The molecule has 3 aliphatic heterocycles. The normalized spacial score (nSPS) is 23.9. The second kappa shape index (κ2) is 12.7. The molecule has 1 aliphatic carbocycles. The zero-order valence-electron chi connectivity index (χ0n) is 24.7. The van der Waals surface area contributed by atoms with Crippen molar-refractivity contribution in [3.8, 4) is 0 Å². The maximum absolute atomic E-state index is 14.6. The predicted octanol–water partition coefficient (Wildman–Crippen LogP) is 7.97. The molecule has 0 aromatic heterocycles. The topological polar surface area (TPSA) is 98.0 Å². The molecule has 49 heavy (non-hydrogen) atoms. The molecule has 0 N–H and O–H groups in total. The van der Waals surface area contributed by atoms with E-state index in [2.05, 4.69) is 10.3 Å². The largest absolute Gasteiger partial charge is 0.271 e. The Morgan fingerprint density at radius 2 is 1.55 bits per heavy atom. The van der Waals surface area contributed by atoms with Gasteiger partial charge in [-0.3, -0.25) is 19.4 Å². The third-order valence-electron chi connectivity index (χ3n) is 8.80. The van der Waals surface area contributed by atoms with E-state index in [0.717, 1.165) is 17.0 Å². The number of benzene rings is 3. The average molecular weight is 754 g/mol. The molecule has 3 aromatic rings. The van der Waals surface area contributed by atoms with Crippen LogP contribution in [0.4, 0.5) is 23.2 Å². The Labute approximate surface area is 295 Å². The molecule has 4 aliphatic rings. The highest BCUT2D eigenvalue weighted by atomic mass is 35.5. The van der Waals surface area contributed by atoms with Gasteiger partial charge in [0.05, 0.1) is 11.8 Å². The lowest BCUT2D eigenvalue weighted by Crippen LogP contribution is -2.45. The molecule has 3 amide bonds. The van der Waals surface area contributed by atoms with E-state index in [0.29, 0.717) is 44.7 Å². The van der Waals surface area contributed by atoms with Crippen LogP contribution in [0.2, 0.25) is 20.1 Å². The first-order valence-electron chi connectivity index (χ1n) is 14.8. The molecule has 17 heteroatoms. The van der Waals surface area contributed by atoms with Crippen LogP contribution in [0.1, 0.15) is 36.4 Å². The van der Waals surface area contributed by atoms with Gasteiger partial charge in [-0.25, -0.2) is 27.5 Å². The molecular weight excluding hydrogens is 734 g/mol. The standard InChI is InChI=1S/C32H20Cl4F4N6O3/c33-15-5-4-13(19(35)9-15)8-14-2-1-3-18-26(14)42-46(28(18)17-7-6-16(34)10-20(17)36)23(47)12-44-30-27(41-43-44)31(48)45(32(30)49)29-24(39)21(37)11-22(38)25(29)40/h4-11,18,27-28,30H,1-3,12H2/b14-8+/t18-,27+,28-,30-/m0/s1. The van der Waals surface area contributed by atoms with E-state index in [1.165, 1.54) is 11.1 Å². The highest BCUT2D eigenvalue weighted by Crippen LogP contribution is 2.47. The van der Waals surface area contributed by atoms with Gasteiger partial charge < -0.3 is 0 Å². The van der Waals surface area contributed by atoms with Crippen molar-refractivity contribution in [2.24, 2.45) is 21.4 Å². The van der Waals surface area contributed by atoms with Gasteiger partial charge in [-0.2, -0.15) is 10.2 Å². The molecule has 4 atom stereocenters. The number of nitrogens with zero attached hydrogens (tertiary/aromatic N) is 6. The molecule has 1 saturated carbocycles. The Morgan fingerprint density at radius 1 is 0.878 bits per heavy atom. The molecule has 0 bridgehead atoms. The molecule has 0 unspecified atom stereocenters. The second-order valence-corrected chi connectivity index (χ2v) is 13.4. The summed E-state index contributed by atoms with van der Waals surface area (Å²) < 4.78 is 57.3. The lowest BCUT2D eigenvalue weighted by molar-refractivity contribution is -0.136. The molecule has 2 fully saturated rings. The Balaban J connectivity index is 1.22. The minimum atomic E-state index is -1.94. The van der Waals surface area contributed by atoms with Crippen molar-refractivity contribution < 1.29 is 31.9 Å². The van der Waals surface area contributed by atoms with E-state index in [9.17, 15) is 31.9 Å². The third-order valence-corrected chi connectivity index (χ3v) is 9.92. The van der Waals surface area contributed by atoms with Crippen LogP contribution in [0.25, 0.3) is 6.08 Å². The van der Waals surface area contributed by atoms with Crippen LogP contribution >= 0.6 is 46.4 Å². The van der Waals surface area contributed by atoms with E-state index in [1.54, 1.807) is 30.3 Å². The van der Waals surface area contributed by atoms with Crippen molar-refractivity contribution in [2.75, 3.05) is 11.4 Å². The minimum absolute atomic E-state index is 0.0122. The first kappa shape index (κ1) is 33.5. The van der Waals surface area contributed by atoms with Gasteiger partial charge in [-0.05, 0) is 66.3 Å². The molecule has 0 radical (unpaired) electrons. The number of hydrogen-bond donors (Lipinski definition) is 0. The number of carbonyl (C=O) groups is 3. The number of imide groups is 1. The third kappa shape index (κ3) is 5.66. The van der Waals surface area contributed by atoms with Crippen LogP contribution in [0, 0.1) is 29.2 Å². The highest BCUT2D eigenvalue weighted by molar-refractivity contribution is 6.36. The smallest absolute Gasteiger partial charge is 0.264 e. The molecule has 3 heterocycles. The fourth-order valence-corrected chi connectivity index (χ4v) is 7.59. The van der Waals surface area contributed by atoms with Crippen LogP contribution in [-0.4, -0.2) is 52.1 Å². The molecule has 252 valence electrons. The number of hydrogen-bond acceptors (Lipinski definition) is 7. The Bertz CT molecular complexity index is 2040. The first-order chi connectivity index (χ1) is 23.3. The van der Waals surface area contributed by atoms with Gasteiger partial charge in [0.25, 0.3) is 17.7 Å². The van der Waals surface area contributed by atoms with Gasteiger partial charge in [-0.15, -0.1) is 0 Å². The zero-order chi connectivity index (χ0) is 34.9. The summed E-state index contributed by atoms with van der Waals surface area (Å²) in [5.41, 5.74) is 1.16. The Morgan fingerprint density at radius 3 is 2.22 bits per heavy atom. The summed E-state index contributed by atoms with van der Waals surface area (Å²) in [5, 5.41) is 16.0. The van der Waals surface area contributed by atoms with E-state index >= 15 is 0 Å². The number of halogens is 8. The van der Waals surface area contributed by atoms with Gasteiger partial charge in [0.15, 0.2) is 35.4 Å². The monoisotopic (exact) mass is 752 g/mol. The number of hydrazone groups is 1. The fourth-order valence-electron chi connectivity index (χ4n) is 6.61. The van der Waals surface area contributed by atoms with Crippen LogP contribution < -0.4 is 4.90 Å². The number of fused-ring (bicyclic) bond motifs is 2. The lowest BCUT2D eigenvalue weighted by Gasteiger charge is -2.31. The van der Waals surface area contributed by atoms with Crippen molar-refractivity contribution in [3.05, 3.63) is 103 Å². The summed E-state index contributed by atoms with van der Waals surface area (Å²) in [6.07, 6.45) is 3.88. The second-order valence-electron chi connectivity index (χ2n) is 11.7. The summed E-state index contributed by atoms with van der Waals surface area (Å²) in [6, 6.07) is 5.91. The van der Waals surface area contributed by atoms with Crippen LogP contribution in [0.5, 0.6) is 0 Å². The number of anilines is 1. The minimum Gasteiger partial charge on any atom is -0.271 e. The number of amides is 3. The quantitative estimate of drug-likeness (QED) is 0.150. The van der Waals surface area contributed by atoms with Crippen molar-refractivity contribution >= 4 is 81.6 Å². The average Bonchev–Trinajstić information content (AvgIpc) is 3.72. The van der Waals surface area contributed by atoms with E-state index in [-0.39, 0.29) is 21.9 Å². The van der Waals surface area contributed by atoms with Gasteiger partial charge in [0.1, 0.15) is 12.2 Å². The number of allylic oxidation sites excluding steroid dienone is 1. The highest BCUT2D eigenvalue weighted by Gasteiger charge is 2.57.